The first kappa shape index (κ1) is 15.5. The molecule has 0 amide bonds. The molecular weight excluding hydrogens is 378 g/mol. The fraction of sp³-hybridized carbons (Fsp3) is 0.250. The van der Waals surface area contributed by atoms with Crippen LogP contribution >= 0.6 is 0 Å². The van der Waals surface area contributed by atoms with E-state index in [1.165, 1.54) is 20.3 Å². The van der Waals surface area contributed by atoms with Gasteiger partial charge in [-0.2, -0.15) is 0 Å². The van der Waals surface area contributed by atoms with E-state index in [2.05, 4.69) is 86.5 Å². The third-order valence-corrected chi connectivity index (χ3v) is 10.2. The summed E-state index contributed by atoms with van der Waals surface area (Å²) in [6.07, 6.45) is 0. The van der Waals surface area contributed by atoms with E-state index in [0.29, 0.717) is 26.3 Å². The molecule has 0 fully saturated rings. The molecule has 2 aromatic rings. The Morgan fingerprint density at radius 1 is 0.550 bits per heavy atom. The molecule has 20 heavy (non-hydrogen) atoms. The van der Waals surface area contributed by atoms with Crippen LogP contribution in [0.1, 0.15) is 0 Å². The molecule has 0 saturated heterocycles. The van der Waals surface area contributed by atoms with Gasteiger partial charge in [-0.15, -0.1) is 0 Å². The number of benzene rings is 2. The molecule has 0 spiro atoms. The molecule has 2 nitrogen and oxygen atoms in total. The molecule has 106 valence electrons. The van der Waals surface area contributed by atoms with Gasteiger partial charge < -0.3 is 0 Å². The van der Waals surface area contributed by atoms with Crippen LogP contribution in [0.3, 0.4) is 0 Å². The van der Waals surface area contributed by atoms with Crippen LogP contribution in [-0.2, 0) is 0 Å². The third-order valence-electron chi connectivity index (χ3n) is 2.94. The van der Waals surface area contributed by atoms with Crippen molar-refractivity contribution in [3.05, 3.63) is 48.5 Å². The van der Waals surface area contributed by atoms with Crippen molar-refractivity contribution >= 4 is 46.6 Å². The van der Waals surface area contributed by atoms with Crippen LogP contribution in [0.15, 0.2) is 48.5 Å². The summed E-state index contributed by atoms with van der Waals surface area (Å²) >= 11 is 1.13. The van der Waals surface area contributed by atoms with Crippen molar-refractivity contribution in [1.82, 2.24) is 0 Å². The van der Waals surface area contributed by atoms with Crippen molar-refractivity contribution in [2.75, 3.05) is 38.0 Å². The normalized spacial score (nSPS) is 10.4. The van der Waals surface area contributed by atoms with Gasteiger partial charge in [0.25, 0.3) is 0 Å². The van der Waals surface area contributed by atoms with Gasteiger partial charge in [-0.3, -0.25) is 0 Å². The molecule has 0 aliphatic heterocycles. The van der Waals surface area contributed by atoms with Crippen molar-refractivity contribution in [3.63, 3.8) is 0 Å². The Kier molecular flexibility index (Phi) is 5.56. The standard InChI is InChI=1S/C16H20N2Se2/c1-17(2)13-5-9-15(10-6-13)19-20-16-11-7-14(8-12-16)18(3)4/h5-12H,1-4H3. The summed E-state index contributed by atoms with van der Waals surface area (Å²) < 4.78 is 2.97. The molecule has 0 aliphatic carbocycles. The molecule has 0 heterocycles. The Morgan fingerprint density at radius 2 is 0.850 bits per heavy atom. The summed E-state index contributed by atoms with van der Waals surface area (Å²) in [6.45, 7) is 0. The third kappa shape index (κ3) is 4.29. The van der Waals surface area contributed by atoms with E-state index >= 15 is 0 Å². The van der Waals surface area contributed by atoms with Gasteiger partial charge in [-0.25, -0.2) is 0 Å². The van der Waals surface area contributed by atoms with Crippen molar-refractivity contribution in [2.24, 2.45) is 0 Å². The van der Waals surface area contributed by atoms with Crippen molar-refractivity contribution in [1.29, 1.82) is 0 Å². The summed E-state index contributed by atoms with van der Waals surface area (Å²) in [7, 11) is 8.32. The first-order valence-corrected chi connectivity index (χ1v) is 12.5. The zero-order valence-corrected chi connectivity index (χ0v) is 15.8. The second-order valence-electron chi connectivity index (χ2n) is 4.94. The molecule has 0 atom stereocenters. The van der Waals surface area contributed by atoms with E-state index in [9.17, 15) is 0 Å². The summed E-state index contributed by atoms with van der Waals surface area (Å²) in [6, 6.07) is 17.9. The fourth-order valence-electron chi connectivity index (χ4n) is 1.70. The Hall–Kier alpha value is -0.921. The average Bonchev–Trinajstić information content (AvgIpc) is 2.46. The maximum absolute atomic E-state index is 2.27. The predicted molar refractivity (Wildman–Crippen MR) is 92.3 cm³/mol. The van der Waals surface area contributed by atoms with Crippen LogP contribution in [-0.4, -0.2) is 54.5 Å². The second kappa shape index (κ2) is 7.19. The topological polar surface area (TPSA) is 6.48 Å². The Balaban J connectivity index is 1.94. The van der Waals surface area contributed by atoms with Gasteiger partial charge in [0.1, 0.15) is 0 Å². The summed E-state index contributed by atoms with van der Waals surface area (Å²) in [5.74, 6) is 0. The van der Waals surface area contributed by atoms with Gasteiger partial charge in [0.15, 0.2) is 0 Å². The molecule has 0 unspecified atom stereocenters. The van der Waals surface area contributed by atoms with E-state index in [1.54, 1.807) is 0 Å². The van der Waals surface area contributed by atoms with Crippen LogP contribution < -0.4 is 18.7 Å². The Labute approximate surface area is 133 Å². The van der Waals surface area contributed by atoms with E-state index in [0.717, 1.165) is 0 Å². The number of hydrogen-bond donors (Lipinski definition) is 0. The number of hydrogen-bond acceptors (Lipinski definition) is 2. The molecule has 4 heteroatoms. The van der Waals surface area contributed by atoms with Crippen LogP contribution in [0.25, 0.3) is 0 Å². The summed E-state index contributed by atoms with van der Waals surface area (Å²) in [5, 5.41) is 0. The monoisotopic (exact) mass is 400 g/mol. The van der Waals surface area contributed by atoms with Crippen LogP contribution in [0.5, 0.6) is 0 Å². The SMILES string of the molecule is CN(C)c1ccc([Se][Se]c2ccc(N(C)C)cc2)cc1. The molecule has 0 saturated carbocycles. The van der Waals surface area contributed by atoms with Crippen molar-refractivity contribution in [3.8, 4) is 0 Å². The van der Waals surface area contributed by atoms with Crippen molar-refractivity contribution in [2.45, 2.75) is 0 Å². The Morgan fingerprint density at radius 3 is 1.10 bits per heavy atom. The molecule has 0 aromatic heterocycles. The number of rotatable bonds is 5. The zero-order chi connectivity index (χ0) is 14.5. The molecule has 2 aromatic carbocycles. The molecule has 0 N–H and O–H groups in total. The molecule has 0 bridgehead atoms. The molecule has 0 radical (unpaired) electrons. The van der Waals surface area contributed by atoms with Gasteiger partial charge in [0.2, 0.25) is 0 Å². The maximum atomic E-state index is 2.27. The Bertz CT molecular complexity index is 482. The van der Waals surface area contributed by atoms with Gasteiger partial charge in [-0.05, 0) is 0 Å². The van der Waals surface area contributed by atoms with Crippen LogP contribution in [0, 0.1) is 0 Å². The van der Waals surface area contributed by atoms with Gasteiger partial charge in [-0.1, -0.05) is 0 Å². The fourth-order valence-corrected chi connectivity index (χ4v) is 7.66. The first-order valence-electron chi connectivity index (χ1n) is 6.45. The van der Waals surface area contributed by atoms with E-state index < -0.39 is 0 Å². The van der Waals surface area contributed by atoms with Gasteiger partial charge in [0, 0.05) is 0 Å². The van der Waals surface area contributed by atoms with E-state index in [-0.39, 0.29) is 0 Å². The second-order valence-corrected chi connectivity index (χ2v) is 11.3. The minimum absolute atomic E-state index is 0.567. The van der Waals surface area contributed by atoms with E-state index in [4.69, 9.17) is 0 Å². The van der Waals surface area contributed by atoms with Gasteiger partial charge in [0.05, 0.1) is 0 Å². The predicted octanol–water partition coefficient (Wildman–Crippen LogP) is 1.09. The first-order chi connectivity index (χ1) is 9.56. The van der Waals surface area contributed by atoms with Gasteiger partial charge >= 0.3 is 133 Å². The molecule has 2 rings (SSSR count). The molecule has 0 aliphatic rings. The number of anilines is 2. The minimum atomic E-state index is 0.567. The quantitative estimate of drug-likeness (QED) is 0.697. The summed E-state index contributed by atoms with van der Waals surface area (Å²) in [4.78, 5) is 4.28. The average molecular weight is 398 g/mol. The van der Waals surface area contributed by atoms with E-state index in [1.807, 2.05) is 0 Å². The summed E-state index contributed by atoms with van der Waals surface area (Å²) in [5.41, 5.74) is 2.54. The zero-order valence-electron chi connectivity index (χ0n) is 12.3. The van der Waals surface area contributed by atoms with Crippen molar-refractivity contribution < 1.29 is 0 Å². The van der Waals surface area contributed by atoms with Crippen LogP contribution in [0.2, 0.25) is 0 Å². The number of nitrogens with zero attached hydrogens (tertiary/aromatic N) is 2. The molecular formula is C16H20N2Se2. The van der Waals surface area contributed by atoms with Crippen LogP contribution in [0.4, 0.5) is 11.4 Å².